The van der Waals surface area contributed by atoms with Crippen molar-refractivity contribution in [3.63, 3.8) is 0 Å². The van der Waals surface area contributed by atoms with Crippen LogP contribution in [0.5, 0.6) is 0 Å². The van der Waals surface area contributed by atoms with Gasteiger partial charge in [-0.25, -0.2) is 4.98 Å². The highest BCUT2D eigenvalue weighted by Crippen LogP contribution is 2.03. The Labute approximate surface area is 91.1 Å². The van der Waals surface area contributed by atoms with Gasteiger partial charge in [0, 0.05) is 18.3 Å². The van der Waals surface area contributed by atoms with Crippen LogP contribution >= 0.6 is 0 Å². The van der Waals surface area contributed by atoms with E-state index in [1.165, 1.54) is 0 Å². The van der Waals surface area contributed by atoms with Crippen molar-refractivity contribution in [3.05, 3.63) is 29.6 Å². The van der Waals surface area contributed by atoms with Gasteiger partial charge in [0.15, 0.2) is 0 Å². The van der Waals surface area contributed by atoms with Crippen LogP contribution in [0.2, 0.25) is 0 Å². The van der Waals surface area contributed by atoms with E-state index in [4.69, 9.17) is 5.26 Å². The molecule has 3 nitrogen and oxygen atoms in total. The van der Waals surface area contributed by atoms with E-state index in [0.29, 0.717) is 11.6 Å². The van der Waals surface area contributed by atoms with Crippen LogP contribution in [0.15, 0.2) is 18.3 Å². The number of aromatic nitrogens is 1. The molecule has 0 amide bonds. The molecule has 0 bridgehead atoms. The SMILES string of the molecule is CC(C)CCNCc1cccnc1C#N. The Bertz CT molecular complexity index is 339. The molecule has 0 aliphatic heterocycles. The average Bonchev–Trinajstić information content (AvgIpc) is 2.24. The van der Waals surface area contributed by atoms with Crippen LogP contribution in [0.4, 0.5) is 0 Å². The Balaban J connectivity index is 2.41. The number of hydrogen-bond acceptors (Lipinski definition) is 3. The smallest absolute Gasteiger partial charge is 0.144 e. The fourth-order valence-electron chi connectivity index (χ4n) is 1.30. The number of nitrogens with one attached hydrogen (secondary N) is 1. The molecule has 0 radical (unpaired) electrons. The highest BCUT2D eigenvalue weighted by molar-refractivity contribution is 5.30. The van der Waals surface area contributed by atoms with Gasteiger partial charge in [-0.2, -0.15) is 5.26 Å². The molecule has 0 spiro atoms. The zero-order valence-corrected chi connectivity index (χ0v) is 9.33. The van der Waals surface area contributed by atoms with Crippen LogP contribution in [-0.2, 0) is 6.54 Å². The maximum absolute atomic E-state index is 8.82. The molecule has 0 aliphatic rings. The van der Waals surface area contributed by atoms with Crippen molar-refractivity contribution in [1.82, 2.24) is 10.3 Å². The van der Waals surface area contributed by atoms with Crippen LogP contribution < -0.4 is 5.32 Å². The first-order valence-electron chi connectivity index (χ1n) is 5.28. The molecule has 0 aromatic carbocycles. The number of pyridine rings is 1. The molecular weight excluding hydrogens is 186 g/mol. The molecule has 0 unspecified atom stereocenters. The second-order valence-corrected chi connectivity index (χ2v) is 3.98. The van der Waals surface area contributed by atoms with Crippen molar-refractivity contribution in [3.8, 4) is 6.07 Å². The lowest BCUT2D eigenvalue weighted by Gasteiger charge is -2.07. The van der Waals surface area contributed by atoms with Gasteiger partial charge in [-0.15, -0.1) is 0 Å². The van der Waals surface area contributed by atoms with E-state index in [2.05, 4.69) is 30.2 Å². The fourth-order valence-corrected chi connectivity index (χ4v) is 1.30. The topological polar surface area (TPSA) is 48.7 Å². The minimum atomic E-state index is 0.523. The van der Waals surface area contributed by atoms with E-state index >= 15 is 0 Å². The quantitative estimate of drug-likeness (QED) is 0.745. The van der Waals surface area contributed by atoms with Crippen LogP contribution in [0.25, 0.3) is 0 Å². The second-order valence-electron chi connectivity index (χ2n) is 3.98. The zero-order chi connectivity index (χ0) is 11.1. The predicted molar refractivity (Wildman–Crippen MR) is 60.1 cm³/mol. The lowest BCUT2D eigenvalue weighted by molar-refractivity contribution is 0.537. The Kier molecular flexibility index (Phi) is 4.79. The van der Waals surface area contributed by atoms with E-state index in [1.807, 2.05) is 12.1 Å². The van der Waals surface area contributed by atoms with E-state index in [1.54, 1.807) is 6.20 Å². The molecule has 0 saturated carbocycles. The molecule has 1 heterocycles. The van der Waals surface area contributed by atoms with Crippen molar-refractivity contribution in [2.45, 2.75) is 26.8 Å². The van der Waals surface area contributed by atoms with Gasteiger partial charge >= 0.3 is 0 Å². The molecule has 0 atom stereocenters. The molecule has 15 heavy (non-hydrogen) atoms. The van der Waals surface area contributed by atoms with Crippen molar-refractivity contribution in [2.24, 2.45) is 5.92 Å². The van der Waals surface area contributed by atoms with Gasteiger partial charge in [-0.1, -0.05) is 19.9 Å². The molecule has 3 heteroatoms. The molecule has 1 rings (SSSR count). The van der Waals surface area contributed by atoms with Crippen LogP contribution in [0.3, 0.4) is 0 Å². The first-order valence-corrected chi connectivity index (χ1v) is 5.28. The number of nitriles is 1. The summed E-state index contributed by atoms with van der Waals surface area (Å²) in [7, 11) is 0. The first-order chi connectivity index (χ1) is 7.24. The largest absolute Gasteiger partial charge is 0.313 e. The Morgan fingerprint density at radius 1 is 1.53 bits per heavy atom. The van der Waals surface area contributed by atoms with Crippen LogP contribution in [0, 0.1) is 17.2 Å². The van der Waals surface area contributed by atoms with Crippen molar-refractivity contribution >= 4 is 0 Å². The summed E-state index contributed by atoms with van der Waals surface area (Å²) in [6, 6.07) is 5.89. The fraction of sp³-hybridized carbons (Fsp3) is 0.500. The van der Waals surface area contributed by atoms with Crippen LogP contribution in [0.1, 0.15) is 31.5 Å². The summed E-state index contributed by atoms with van der Waals surface area (Å²) >= 11 is 0. The van der Waals surface area contributed by atoms with E-state index in [-0.39, 0.29) is 0 Å². The molecular formula is C12H17N3. The third-order valence-corrected chi connectivity index (χ3v) is 2.21. The molecule has 1 aromatic heterocycles. The standard InChI is InChI=1S/C12H17N3/c1-10(2)5-7-14-9-11-4-3-6-15-12(11)8-13/h3-4,6,10,14H,5,7,9H2,1-2H3. The van der Waals surface area contributed by atoms with Gasteiger partial charge in [-0.05, 0) is 24.9 Å². The van der Waals surface area contributed by atoms with Gasteiger partial charge in [0.2, 0.25) is 0 Å². The molecule has 1 N–H and O–H groups in total. The third-order valence-electron chi connectivity index (χ3n) is 2.21. The average molecular weight is 203 g/mol. The zero-order valence-electron chi connectivity index (χ0n) is 9.33. The minimum absolute atomic E-state index is 0.523. The summed E-state index contributed by atoms with van der Waals surface area (Å²) in [5.74, 6) is 0.710. The van der Waals surface area contributed by atoms with E-state index < -0.39 is 0 Å². The predicted octanol–water partition coefficient (Wildman–Crippen LogP) is 2.09. The lowest BCUT2D eigenvalue weighted by Crippen LogP contribution is -2.17. The highest BCUT2D eigenvalue weighted by atomic mass is 14.9. The first kappa shape index (κ1) is 11.7. The number of hydrogen-bond donors (Lipinski definition) is 1. The van der Waals surface area contributed by atoms with E-state index in [0.717, 1.165) is 25.1 Å². The molecule has 0 fully saturated rings. The van der Waals surface area contributed by atoms with Crippen molar-refractivity contribution < 1.29 is 0 Å². The maximum atomic E-state index is 8.82. The molecule has 0 aliphatic carbocycles. The maximum Gasteiger partial charge on any atom is 0.144 e. The van der Waals surface area contributed by atoms with E-state index in [9.17, 15) is 0 Å². The summed E-state index contributed by atoms with van der Waals surface area (Å²) in [4.78, 5) is 4.01. The summed E-state index contributed by atoms with van der Waals surface area (Å²) in [5, 5.41) is 12.1. The van der Waals surface area contributed by atoms with Gasteiger partial charge < -0.3 is 5.32 Å². The summed E-state index contributed by atoms with van der Waals surface area (Å²) < 4.78 is 0. The highest BCUT2D eigenvalue weighted by Gasteiger charge is 2.01. The van der Waals surface area contributed by atoms with Gasteiger partial charge in [0.1, 0.15) is 11.8 Å². The lowest BCUT2D eigenvalue weighted by atomic mass is 10.1. The Morgan fingerprint density at radius 2 is 2.33 bits per heavy atom. The normalized spacial score (nSPS) is 10.3. The Hall–Kier alpha value is -1.40. The number of nitrogens with zero attached hydrogens (tertiary/aromatic N) is 2. The Morgan fingerprint density at radius 3 is 3.00 bits per heavy atom. The molecule has 1 aromatic rings. The van der Waals surface area contributed by atoms with Gasteiger partial charge in [0.05, 0.1) is 0 Å². The minimum Gasteiger partial charge on any atom is -0.313 e. The monoisotopic (exact) mass is 203 g/mol. The summed E-state index contributed by atoms with van der Waals surface area (Å²) in [6.45, 7) is 6.11. The van der Waals surface area contributed by atoms with Crippen LogP contribution in [-0.4, -0.2) is 11.5 Å². The second kappa shape index (κ2) is 6.15. The molecule has 0 saturated heterocycles. The summed E-state index contributed by atoms with van der Waals surface area (Å²) in [6.07, 6.45) is 2.80. The van der Waals surface area contributed by atoms with Crippen molar-refractivity contribution in [1.29, 1.82) is 5.26 Å². The summed E-state index contributed by atoms with van der Waals surface area (Å²) in [5.41, 5.74) is 1.50. The van der Waals surface area contributed by atoms with Gasteiger partial charge in [-0.3, -0.25) is 0 Å². The van der Waals surface area contributed by atoms with Gasteiger partial charge in [0.25, 0.3) is 0 Å². The number of rotatable bonds is 5. The molecule has 80 valence electrons. The third kappa shape index (κ3) is 4.09. The van der Waals surface area contributed by atoms with Crippen molar-refractivity contribution in [2.75, 3.05) is 6.54 Å².